The number of nitrogens with zero attached hydrogens (tertiary/aromatic N) is 1. The molecule has 1 aromatic rings. The van der Waals surface area contributed by atoms with Crippen molar-refractivity contribution in [1.82, 2.24) is 0 Å². The number of rotatable bonds is 3. The number of carboxylic acids is 1. The van der Waals surface area contributed by atoms with Crippen LogP contribution in [0.2, 0.25) is 0 Å². The van der Waals surface area contributed by atoms with Gasteiger partial charge in [0, 0.05) is 5.56 Å². The van der Waals surface area contributed by atoms with Gasteiger partial charge in [-0.05, 0) is 30.5 Å². The maximum atomic E-state index is 11.2. The first-order valence-corrected chi connectivity index (χ1v) is 5.74. The Hall–Kier alpha value is -1.84. The zero-order valence-corrected chi connectivity index (χ0v) is 9.35. The first-order valence-electron chi connectivity index (χ1n) is 5.74. The zero-order chi connectivity index (χ0) is 11.9. The maximum Gasteiger partial charge on any atom is 0.314 e. The second-order valence-electron chi connectivity index (χ2n) is 4.50. The van der Waals surface area contributed by atoms with Crippen molar-refractivity contribution in [3.05, 3.63) is 35.4 Å². The summed E-state index contributed by atoms with van der Waals surface area (Å²) in [7, 11) is 0. The summed E-state index contributed by atoms with van der Waals surface area (Å²) in [6.45, 7) is 1.34. The van der Waals surface area contributed by atoms with Gasteiger partial charge in [-0.1, -0.05) is 12.1 Å². The highest BCUT2D eigenvalue weighted by Gasteiger charge is 2.51. The standard InChI is InChI=1S/C13H13NO3/c15-12(16)13(5-6-13)10-3-1-9(2-4-10)11-14-7-8-17-11/h1-4H,5-8H2,(H,15,16). The molecule has 0 atom stereocenters. The molecule has 1 N–H and O–H groups in total. The minimum absolute atomic E-state index is 0.628. The monoisotopic (exact) mass is 231 g/mol. The highest BCUT2D eigenvalue weighted by atomic mass is 16.5. The molecule has 1 aliphatic carbocycles. The van der Waals surface area contributed by atoms with E-state index in [1.165, 1.54) is 0 Å². The Morgan fingerprint density at radius 3 is 2.47 bits per heavy atom. The summed E-state index contributed by atoms with van der Waals surface area (Å²) < 4.78 is 5.36. The van der Waals surface area contributed by atoms with Gasteiger partial charge in [0.1, 0.15) is 6.61 Å². The summed E-state index contributed by atoms with van der Waals surface area (Å²) in [6.07, 6.45) is 1.47. The molecule has 0 bridgehead atoms. The van der Waals surface area contributed by atoms with Gasteiger partial charge in [0.05, 0.1) is 12.0 Å². The third-order valence-corrected chi connectivity index (χ3v) is 3.43. The fourth-order valence-corrected chi connectivity index (χ4v) is 2.19. The predicted octanol–water partition coefficient (Wildman–Crippen LogP) is 1.58. The van der Waals surface area contributed by atoms with Crippen LogP contribution < -0.4 is 0 Å². The van der Waals surface area contributed by atoms with Crippen LogP contribution in [0.5, 0.6) is 0 Å². The number of carboxylic acid groups (broad SMARTS) is 1. The molecule has 0 radical (unpaired) electrons. The van der Waals surface area contributed by atoms with Gasteiger partial charge in [0.15, 0.2) is 0 Å². The van der Waals surface area contributed by atoms with Gasteiger partial charge in [-0.3, -0.25) is 4.79 Å². The minimum Gasteiger partial charge on any atom is -0.481 e. The lowest BCUT2D eigenvalue weighted by atomic mass is 9.95. The average Bonchev–Trinajstić information content (AvgIpc) is 2.98. The van der Waals surface area contributed by atoms with Crippen molar-refractivity contribution in [2.75, 3.05) is 13.2 Å². The number of aliphatic imine (C=N–C) groups is 1. The van der Waals surface area contributed by atoms with E-state index in [1.54, 1.807) is 0 Å². The van der Waals surface area contributed by atoms with Crippen molar-refractivity contribution in [3.8, 4) is 0 Å². The SMILES string of the molecule is O=C(O)C1(c2ccc(C3=NCCO3)cc2)CC1. The zero-order valence-electron chi connectivity index (χ0n) is 9.35. The summed E-state index contributed by atoms with van der Waals surface area (Å²) in [5, 5.41) is 9.19. The van der Waals surface area contributed by atoms with E-state index < -0.39 is 11.4 Å². The molecule has 1 fully saturated rings. The number of hydrogen-bond donors (Lipinski definition) is 1. The lowest BCUT2D eigenvalue weighted by Gasteiger charge is -2.10. The van der Waals surface area contributed by atoms with Crippen molar-refractivity contribution in [2.45, 2.75) is 18.3 Å². The Balaban J connectivity index is 1.88. The largest absolute Gasteiger partial charge is 0.481 e. The summed E-state index contributed by atoms with van der Waals surface area (Å²) >= 11 is 0. The average molecular weight is 231 g/mol. The summed E-state index contributed by atoms with van der Waals surface area (Å²) in [6, 6.07) is 7.53. The van der Waals surface area contributed by atoms with E-state index in [9.17, 15) is 9.90 Å². The Kier molecular flexibility index (Phi) is 2.18. The van der Waals surface area contributed by atoms with E-state index in [0.717, 1.165) is 24.0 Å². The molecule has 0 spiro atoms. The first kappa shape index (κ1) is 10.3. The molecule has 17 heavy (non-hydrogen) atoms. The molecule has 1 aliphatic heterocycles. The third kappa shape index (κ3) is 1.60. The van der Waals surface area contributed by atoms with Crippen molar-refractivity contribution >= 4 is 11.9 Å². The highest BCUT2D eigenvalue weighted by molar-refractivity contribution is 5.95. The lowest BCUT2D eigenvalue weighted by Crippen LogP contribution is -2.19. The van der Waals surface area contributed by atoms with Gasteiger partial charge in [-0.25, -0.2) is 4.99 Å². The number of hydrogen-bond acceptors (Lipinski definition) is 3. The molecule has 88 valence electrons. The van der Waals surface area contributed by atoms with Crippen LogP contribution in [0.4, 0.5) is 0 Å². The Bertz CT molecular complexity index is 486. The van der Waals surface area contributed by atoms with E-state index in [-0.39, 0.29) is 0 Å². The summed E-state index contributed by atoms with van der Waals surface area (Å²) in [5.74, 6) is -0.0589. The van der Waals surface area contributed by atoms with Crippen LogP contribution in [-0.2, 0) is 14.9 Å². The normalized spacial score (nSPS) is 20.6. The number of aliphatic carboxylic acids is 1. The molecule has 4 nitrogen and oxygen atoms in total. The fourth-order valence-electron chi connectivity index (χ4n) is 2.19. The van der Waals surface area contributed by atoms with Gasteiger partial charge in [0.2, 0.25) is 5.90 Å². The maximum absolute atomic E-state index is 11.2. The molecule has 0 amide bonds. The van der Waals surface area contributed by atoms with Gasteiger partial charge in [-0.2, -0.15) is 0 Å². The second kappa shape index (κ2) is 3.58. The van der Waals surface area contributed by atoms with Gasteiger partial charge in [-0.15, -0.1) is 0 Å². The third-order valence-electron chi connectivity index (χ3n) is 3.43. The molecule has 3 rings (SSSR count). The van der Waals surface area contributed by atoms with Gasteiger partial charge < -0.3 is 9.84 Å². The topological polar surface area (TPSA) is 58.9 Å². The summed E-state index contributed by atoms with van der Waals surface area (Å²) in [5.41, 5.74) is 1.18. The fraction of sp³-hybridized carbons (Fsp3) is 0.385. The number of carbonyl (C=O) groups is 1. The molecule has 0 unspecified atom stereocenters. The van der Waals surface area contributed by atoms with Crippen molar-refractivity contribution in [2.24, 2.45) is 4.99 Å². The van der Waals surface area contributed by atoms with Crippen LogP contribution in [-0.4, -0.2) is 30.1 Å². The van der Waals surface area contributed by atoms with E-state index in [0.29, 0.717) is 19.0 Å². The molecular weight excluding hydrogens is 218 g/mol. The smallest absolute Gasteiger partial charge is 0.314 e. The van der Waals surface area contributed by atoms with E-state index >= 15 is 0 Å². The Labute approximate surface area is 98.9 Å². The van der Waals surface area contributed by atoms with Crippen LogP contribution in [0.3, 0.4) is 0 Å². The van der Waals surface area contributed by atoms with Crippen LogP contribution in [0, 0.1) is 0 Å². The van der Waals surface area contributed by atoms with Crippen molar-refractivity contribution in [1.29, 1.82) is 0 Å². The van der Waals surface area contributed by atoms with Gasteiger partial charge >= 0.3 is 5.97 Å². The van der Waals surface area contributed by atoms with E-state index in [1.807, 2.05) is 24.3 Å². The quantitative estimate of drug-likeness (QED) is 0.859. The van der Waals surface area contributed by atoms with Crippen LogP contribution >= 0.6 is 0 Å². The Morgan fingerprint density at radius 1 is 1.29 bits per heavy atom. The minimum atomic E-state index is -0.722. The van der Waals surface area contributed by atoms with Crippen molar-refractivity contribution < 1.29 is 14.6 Å². The van der Waals surface area contributed by atoms with Gasteiger partial charge in [0.25, 0.3) is 0 Å². The van der Waals surface area contributed by atoms with Crippen LogP contribution in [0.25, 0.3) is 0 Å². The van der Waals surface area contributed by atoms with Crippen LogP contribution in [0.15, 0.2) is 29.3 Å². The molecule has 0 saturated heterocycles. The number of ether oxygens (including phenoxy) is 1. The lowest BCUT2D eigenvalue weighted by molar-refractivity contribution is -0.140. The molecule has 2 aliphatic rings. The molecule has 1 aromatic carbocycles. The molecule has 0 aromatic heterocycles. The molecular formula is C13H13NO3. The second-order valence-corrected chi connectivity index (χ2v) is 4.50. The Morgan fingerprint density at radius 2 is 2.00 bits per heavy atom. The molecule has 4 heteroatoms. The first-order chi connectivity index (χ1) is 8.22. The molecule has 1 saturated carbocycles. The summed E-state index contributed by atoms with van der Waals surface area (Å²) in [4.78, 5) is 15.4. The van der Waals surface area contributed by atoms with E-state index in [4.69, 9.17) is 4.74 Å². The highest BCUT2D eigenvalue weighted by Crippen LogP contribution is 2.48. The van der Waals surface area contributed by atoms with E-state index in [2.05, 4.69) is 4.99 Å². The van der Waals surface area contributed by atoms with Crippen LogP contribution in [0.1, 0.15) is 24.0 Å². The number of benzene rings is 1. The molecule has 1 heterocycles. The van der Waals surface area contributed by atoms with Crippen molar-refractivity contribution in [3.63, 3.8) is 0 Å². The predicted molar refractivity (Wildman–Crippen MR) is 62.3 cm³/mol.